The van der Waals surface area contributed by atoms with Crippen molar-refractivity contribution in [3.05, 3.63) is 41.5 Å². The summed E-state index contributed by atoms with van der Waals surface area (Å²) >= 11 is 0. The lowest BCUT2D eigenvalue weighted by Gasteiger charge is -1.94. The van der Waals surface area contributed by atoms with Crippen molar-refractivity contribution in [1.29, 1.82) is 0 Å². The number of hydrogen-bond donors (Lipinski definition) is 1. The molecule has 0 aliphatic rings. The van der Waals surface area contributed by atoms with Gasteiger partial charge in [0.25, 0.3) is 0 Å². The summed E-state index contributed by atoms with van der Waals surface area (Å²) in [5, 5.41) is 0. The third-order valence-electron chi connectivity index (χ3n) is 2.15. The highest BCUT2D eigenvalue weighted by Crippen LogP contribution is 2.21. The van der Waals surface area contributed by atoms with Crippen LogP contribution in [0.4, 0.5) is 4.39 Å². The summed E-state index contributed by atoms with van der Waals surface area (Å²) < 4.78 is 18.3. The third-order valence-corrected chi connectivity index (χ3v) is 2.15. The molecule has 2 aromatic rings. The highest BCUT2D eigenvalue weighted by atomic mass is 19.1. The number of aryl methyl sites for hydroxylation is 1. The van der Waals surface area contributed by atoms with Crippen LogP contribution in [0.1, 0.15) is 11.5 Å². The Labute approximate surface area is 86.7 Å². The van der Waals surface area contributed by atoms with E-state index < -0.39 is 0 Å². The quantitative estimate of drug-likeness (QED) is 0.819. The summed E-state index contributed by atoms with van der Waals surface area (Å²) in [6, 6.07) is 6.12. The molecular formula is C11H11FN2O. The summed E-state index contributed by atoms with van der Waals surface area (Å²) in [5.74, 6) is 0.736. The van der Waals surface area contributed by atoms with E-state index in [4.69, 9.17) is 10.2 Å². The molecule has 0 aliphatic heterocycles. The largest absolute Gasteiger partial charge is 0.440 e. The SMILES string of the molecule is Cc1nc(-c2cccc(F)c2)oc1CN. The van der Waals surface area contributed by atoms with Crippen molar-refractivity contribution < 1.29 is 8.81 Å². The summed E-state index contributed by atoms with van der Waals surface area (Å²) in [5.41, 5.74) is 6.83. The average molecular weight is 206 g/mol. The highest BCUT2D eigenvalue weighted by molar-refractivity contribution is 5.53. The fourth-order valence-corrected chi connectivity index (χ4v) is 1.36. The van der Waals surface area contributed by atoms with Gasteiger partial charge in [0.15, 0.2) is 0 Å². The van der Waals surface area contributed by atoms with Crippen LogP contribution < -0.4 is 5.73 Å². The van der Waals surface area contributed by atoms with Crippen LogP contribution in [-0.4, -0.2) is 4.98 Å². The van der Waals surface area contributed by atoms with Crippen molar-refractivity contribution >= 4 is 0 Å². The van der Waals surface area contributed by atoms with Crippen LogP contribution in [0.5, 0.6) is 0 Å². The minimum Gasteiger partial charge on any atom is -0.440 e. The molecule has 0 unspecified atom stereocenters. The van der Waals surface area contributed by atoms with E-state index in [1.807, 2.05) is 6.92 Å². The monoisotopic (exact) mass is 206 g/mol. The average Bonchev–Trinajstić information content (AvgIpc) is 2.60. The predicted molar refractivity (Wildman–Crippen MR) is 54.5 cm³/mol. The standard InChI is InChI=1S/C11H11FN2O/c1-7-10(6-13)15-11(14-7)8-3-2-4-9(12)5-8/h2-5H,6,13H2,1H3. The first-order valence-corrected chi connectivity index (χ1v) is 4.63. The zero-order valence-corrected chi connectivity index (χ0v) is 8.33. The van der Waals surface area contributed by atoms with Crippen LogP contribution in [0, 0.1) is 12.7 Å². The first-order chi connectivity index (χ1) is 7.20. The van der Waals surface area contributed by atoms with E-state index in [9.17, 15) is 4.39 Å². The lowest BCUT2D eigenvalue weighted by molar-refractivity contribution is 0.518. The molecule has 0 bridgehead atoms. The van der Waals surface area contributed by atoms with Crippen molar-refractivity contribution in [2.24, 2.45) is 5.73 Å². The molecule has 3 nitrogen and oxygen atoms in total. The predicted octanol–water partition coefficient (Wildman–Crippen LogP) is 2.25. The number of rotatable bonds is 2. The maximum Gasteiger partial charge on any atom is 0.226 e. The number of hydrogen-bond acceptors (Lipinski definition) is 3. The van der Waals surface area contributed by atoms with E-state index in [1.165, 1.54) is 12.1 Å². The van der Waals surface area contributed by atoms with Gasteiger partial charge >= 0.3 is 0 Å². The molecule has 0 saturated heterocycles. The smallest absolute Gasteiger partial charge is 0.226 e. The fraction of sp³-hybridized carbons (Fsp3) is 0.182. The Balaban J connectivity index is 2.45. The van der Waals surface area contributed by atoms with Crippen molar-refractivity contribution in [3.63, 3.8) is 0 Å². The van der Waals surface area contributed by atoms with Crippen molar-refractivity contribution in [1.82, 2.24) is 4.98 Å². The van der Waals surface area contributed by atoms with Gasteiger partial charge in [-0.1, -0.05) is 6.07 Å². The maximum atomic E-state index is 12.9. The normalized spacial score (nSPS) is 10.6. The van der Waals surface area contributed by atoms with Gasteiger partial charge in [0.2, 0.25) is 5.89 Å². The number of oxazole rings is 1. The van der Waals surface area contributed by atoms with Crippen LogP contribution in [-0.2, 0) is 6.54 Å². The second kappa shape index (κ2) is 3.82. The molecule has 0 amide bonds. The van der Waals surface area contributed by atoms with Gasteiger partial charge in [0, 0.05) is 5.56 Å². The molecule has 0 atom stereocenters. The van der Waals surface area contributed by atoms with Gasteiger partial charge in [-0.05, 0) is 25.1 Å². The van der Waals surface area contributed by atoms with E-state index in [0.717, 1.165) is 5.69 Å². The second-order valence-corrected chi connectivity index (χ2v) is 3.24. The number of benzene rings is 1. The third kappa shape index (κ3) is 1.89. The molecule has 1 aromatic heterocycles. The van der Waals surface area contributed by atoms with E-state index in [0.29, 0.717) is 23.8 Å². The molecule has 0 radical (unpaired) electrons. The van der Waals surface area contributed by atoms with Crippen molar-refractivity contribution in [2.75, 3.05) is 0 Å². The molecule has 4 heteroatoms. The van der Waals surface area contributed by atoms with E-state index >= 15 is 0 Å². The zero-order valence-electron chi connectivity index (χ0n) is 8.33. The number of halogens is 1. The van der Waals surface area contributed by atoms with Gasteiger partial charge in [0.05, 0.1) is 12.2 Å². The van der Waals surface area contributed by atoms with E-state index in [-0.39, 0.29) is 5.82 Å². The molecular weight excluding hydrogens is 195 g/mol. The Hall–Kier alpha value is -1.68. The lowest BCUT2D eigenvalue weighted by atomic mass is 10.2. The minimum absolute atomic E-state index is 0.300. The topological polar surface area (TPSA) is 52.0 Å². The lowest BCUT2D eigenvalue weighted by Crippen LogP contribution is -1.95. The van der Waals surface area contributed by atoms with Gasteiger partial charge in [-0.15, -0.1) is 0 Å². The second-order valence-electron chi connectivity index (χ2n) is 3.24. The Morgan fingerprint density at radius 2 is 2.27 bits per heavy atom. The summed E-state index contributed by atoms with van der Waals surface area (Å²) in [4.78, 5) is 4.18. The molecule has 2 rings (SSSR count). The molecule has 15 heavy (non-hydrogen) atoms. The molecule has 0 aliphatic carbocycles. The van der Waals surface area contributed by atoms with Crippen LogP contribution in [0.25, 0.3) is 11.5 Å². The summed E-state index contributed by atoms with van der Waals surface area (Å²) in [6.45, 7) is 2.11. The number of aromatic nitrogens is 1. The Morgan fingerprint density at radius 1 is 1.47 bits per heavy atom. The number of nitrogens with two attached hydrogens (primary N) is 1. The maximum absolute atomic E-state index is 12.9. The summed E-state index contributed by atoms with van der Waals surface area (Å²) in [6.07, 6.45) is 0. The molecule has 2 N–H and O–H groups in total. The van der Waals surface area contributed by atoms with Crippen LogP contribution >= 0.6 is 0 Å². The van der Waals surface area contributed by atoms with E-state index in [1.54, 1.807) is 12.1 Å². The van der Waals surface area contributed by atoms with Crippen molar-refractivity contribution in [2.45, 2.75) is 13.5 Å². The molecule has 1 heterocycles. The molecule has 78 valence electrons. The minimum atomic E-state index is -0.308. The van der Waals surface area contributed by atoms with E-state index in [2.05, 4.69) is 4.98 Å². The highest BCUT2D eigenvalue weighted by Gasteiger charge is 2.10. The Kier molecular flexibility index (Phi) is 2.51. The fourth-order valence-electron chi connectivity index (χ4n) is 1.36. The first kappa shape index (κ1) is 9.86. The van der Waals surface area contributed by atoms with Gasteiger partial charge in [-0.25, -0.2) is 9.37 Å². The molecule has 0 fully saturated rings. The zero-order chi connectivity index (χ0) is 10.8. The van der Waals surface area contributed by atoms with Crippen LogP contribution in [0.15, 0.2) is 28.7 Å². The molecule has 0 spiro atoms. The summed E-state index contributed by atoms with van der Waals surface area (Å²) in [7, 11) is 0. The number of nitrogens with zero attached hydrogens (tertiary/aromatic N) is 1. The van der Waals surface area contributed by atoms with Gasteiger partial charge in [0.1, 0.15) is 11.6 Å². The molecule has 1 aromatic carbocycles. The van der Waals surface area contributed by atoms with Crippen molar-refractivity contribution in [3.8, 4) is 11.5 Å². The van der Waals surface area contributed by atoms with Gasteiger partial charge < -0.3 is 10.2 Å². The first-order valence-electron chi connectivity index (χ1n) is 4.63. The van der Waals surface area contributed by atoms with Gasteiger partial charge in [-0.3, -0.25) is 0 Å². The van der Waals surface area contributed by atoms with Crippen LogP contribution in [0.3, 0.4) is 0 Å². The Morgan fingerprint density at radius 3 is 2.87 bits per heavy atom. The Bertz CT molecular complexity index is 479. The van der Waals surface area contributed by atoms with Gasteiger partial charge in [-0.2, -0.15) is 0 Å². The molecule has 0 saturated carbocycles. The van der Waals surface area contributed by atoms with Crippen LogP contribution in [0.2, 0.25) is 0 Å².